The Bertz CT molecular complexity index is 2730. The van der Waals surface area contributed by atoms with Crippen molar-refractivity contribution in [2.75, 3.05) is 39.6 Å². The lowest BCUT2D eigenvalue weighted by Crippen LogP contribution is -2.30. The second-order valence-corrected chi connectivity index (χ2v) is 32.2. The van der Waals surface area contributed by atoms with E-state index < -0.39 is 91.5 Å². The Morgan fingerprint density at radius 1 is 0.257 bits per heavy atom. The van der Waals surface area contributed by atoms with E-state index in [1.807, 2.05) is 0 Å². The molecule has 0 spiro atoms. The van der Waals surface area contributed by atoms with E-state index in [4.69, 9.17) is 32.3 Å². The highest BCUT2D eigenvalue weighted by Crippen LogP contribution is 2.45. The third-order valence-electron chi connectivity index (χ3n) is 18.4. The van der Waals surface area contributed by atoms with Crippen LogP contribution >= 0.6 is 15.6 Å². The molecule has 0 aliphatic rings. The number of carbonyl (C=O) groups is 3. The molecule has 0 saturated heterocycles. The smallest absolute Gasteiger partial charge is 0.463 e. The molecule has 4 N–H and O–H groups in total. The summed E-state index contributed by atoms with van der Waals surface area (Å²) in [4.78, 5) is 58.9. The van der Waals surface area contributed by atoms with Crippen LogP contribution in [0.1, 0.15) is 355 Å². The topological polar surface area (TPSA) is 231 Å². The Kier molecular flexibility index (Phi) is 82.4. The van der Waals surface area contributed by atoms with Crippen molar-refractivity contribution in [1.82, 2.24) is 0 Å². The molecule has 5 atom stereocenters. The molecular formula is C95H160O16P2. The number of esters is 3. The van der Waals surface area contributed by atoms with Gasteiger partial charge in [-0.25, -0.2) is 9.13 Å². The van der Waals surface area contributed by atoms with Crippen LogP contribution in [0.5, 0.6) is 0 Å². The fourth-order valence-electron chi connectivity index (χ4n) is 11.7. The van der Waals surface area contributed by atoms with Crippen LogP contribution in [-0.4, -0.2) is 95.9 Å². The summed E-state index contributed by atoms with van der Waals surface area (Å²) in [5.41, 5.74) is 0. The second kappa shape index (κ2) is 86.3. The van der Waals surface area contributed by atoms with Gasteiger partial charge in [-0.15, -0.1) is 0 Å². The second-order valence-electron chi connectivity index (χ2n) is 29.3. The van der Waals surface area contributed by atoms with E-state index in [0.29, 0.717) is 19.3 Å². The SMILES string of the molecule is CC/C=C\C/C=C\C/C=C\C/C=C\C/C=C\CCCCCCCCCCCCCC(=O)OCC(COP(=O)(O)OCC(O)COP(=O)(O)OCC(O)COC(=O)CCCCCCCCCCCCCCCCC/C=C\C/C=C\C/C=C\C/C=C\CCCCC)OC(=O)CCCCC/C=C\C/C=C\C/C=C\C/C=C\C/C=C\CC. The van der Waals surface area contributed by atoms with E-state index in [2.05, 4.69) is 191 Å². The van der Waals surface area contributed by atoms with Gasteiger partial charge in [-0.05, 0) is 154 Å². The lowest BCUT2D eigenvalue weighted by atomic mass is 10.0. The number of phosphoric ester groups is 2. The standard InChI is InChI=1S/C95H160O16P2/c1-4-7-10-13-16-19-22-25-28-31-34-36-38-40-42-43-44-45-47-49-50-52-55-57-60-63-66-69-72-75-78-81-93(98)105-84-90(96)85-107-112(101,102)108-86-91(97)87-109-113(103,104)110-89-92(111-95(100)83-80-77-74-71-68-65-62-59-54-33-30-27-24-21-18-15-12-9-6-3)88-106-94(99)82-79-76-73-70-67-64-61-58-56-53-51-48-46-41-39-37-35-32-29-26-23-20-17-14-11-8-5-2/h8-9,11-12,16-21,25-30,34-37,40-42,46,54,59,65,68,90-92,96-97H,4-7,10,13-15,22-24,31-33,38-39,43-45,47-53,55-58,60-64,66-67,69-89H2,1-3H3,(H,101,102)(H,103,104)/b11-8-,12-9-,19-16-,20-17-,21-18-,28-25-,29-26-,30-27-,36-34-,37-35-,42-40-,46-41-,59-54-,68-65-. The maximum atomic E-state index is 13.0. The van der Waals surface area contributed by atoms with E-state index in [-0.39, 0.29) is 19.3 Å². The number of ether oxygens (including phenoxy) is 3. The van der Waals surface area contributed by atoms with Crippen molar-refractivity contribution in [2.45, 2.75) is 373 Å². The van der Waals surface area contributed by atoms with Gasteiger partial charge in [0, 0.05) is 19.3 Å². The Morgan fingerprint density at radius 2 is 0.469 bits per heavy atom. The van der Waals surface area contributed by atoms with Crippen molar-refractivity contribution < 1.29 is 75.8 Å². The highest BCUT2D eigenvalue weighted by Gasteiger charge is 2.29. The van der Waals surface area contributed by atoms with Gasteiger partial charge in [0.25, 0.3) is 0 Å². The minimum atomic E-state index is -4.95. The molecule has 16 nitrogen and oxygen atoms in total. The average molecular weight is 1620 g/mol. The Labute approximate surface area is 688 Å². The Hall–Kier alpha value is -5.09. The first-order valence-electron chi connectivity index (χ1n) is 44.4. The molecule has 0 radical (unpaired) electrons. The summed E-state index contributed by atoms with van der Waals surface area (Å²) in [5, 5.41) is 20.7. The normalized spacial score (nSPS) is 14.6. The van der Waals surface area contributed by atoms with Gasteiger partial charge in [0.1, 0.15) is 25.4 Å². The first-order valence-corrected chi connectivity index (χ1v) is 47.4. The van der Waals surface area contributed by atoms with Gasteiger partial charge in [0.2, 0.25) is 0 Å². The molecule has 0 aromatic carbocycles. The van der Waals surface area contributed by atoms with Gasteiger partial charge in [0.05, 0.1) is 26.4 Å². The third kappa shape index (κ3) is 87.6. The fraction of sp³-hybridized carbons (Fsp3) is 0.674. The van der Waals surface area contributed by atoms with Gasteiger partial charge in [-0.1, -0.05) is 351 Å². The van der Waals surface area contributed by atoms with Gasteiger partial charge in [-0.2, -0.15) is 0 Å². The van der Waals surface area contributed by atoms with E-state index in [9.17, 15) is 43.5 Å². The zero-order valence-corrected chi connectivity index (χ0v) is 72.8. The van der Waals surface area contributed by atoms with Crippen LogP contribution in [0.15, 0.2) is 170 Å². The summed E-state index contributed by atoms with van der Waals surface area (Å²) < 4.78 is 61.4. The number of hydrogen-bond donors (Lipinski definition) is 4. The maximum absolute atomic E-state index is 13.0. The molecule has 0 amide bonds. The molecule has 0 aliphatic carbocycles. The average Bonchev–Trinajstić information content (AvgIpc) is 0.901. The van der Waals surface area contributed by atoms with Crippen molar-refractivity contribution in [1.29, 1.82) is 0 Å². The van der Waals surface area contributed by atoms with E-state index in [1.165, 1.54) is 141 Å². The van der Waals surface area contributed by atoms with Crippen LogP contribution in [-0.2, 0) is 55.8 Å². The minimum absolute atomic E-state index is 0.0599. The lowest BCUT2D eigenvalue weighted by molar-refractivity contribution is -0.161. The van der Waals surface area contributed by atoms with Gasteiger partial charge < -0.3 is 34.2 Å². The summed E-state index contributed by atoms with van der Waals surface area (Å²) in [7, 11) is -9.82. The van der Waals surface area contributed by atoms with Crippen LogP contribution < -0.4 is 0 Å². The zero-order chi connectivity index (χ0) is 82.2. The summed E-state index contributed by atoms with van der Waals surface area (Å²) in [6.07, 6.45) is 111. The molecule has 0 aromatic rings. The van der Waals surface area contributed by atoms with E-state index >= 15 is 0 Å². The molecule has 0 fully saturated rings. The predicted octanol–water partition coefficient (Wildman–Crippen LogP) is 27.1. The van der Waals surface area contributed by atoms with Crippen LogP contribution in [0.3, 0.4) is 0 Å². The molecule has 0 saturated carbocycles. The molecule has 0 heterocycles. The summed E-state index contributed by atoms with van der Waals surface area (Å²) >= 11 is 0. The Morgan fingerprint density at radius 3 is 0.752 bits per heavy atom. The van der Waals surface area contributed by atoms with E-state index in [1.54, 1.807) is 0 Å². The van der Waals surface area contributed by atoms with Crippen LogP contribution in [0.4, 0.5) is 0 Å². The number of rotatable bonds is 83. The monoisotopic (exact) mass is 1620 g/mol. The van der Waals surface area contributed by atoms with Crippen LogP contribution in [0.2, 0.25) is 0 Å². The number of aliphatic hydroxyl groups excluding tert-OH is 2. The van der Waals surface area contributed by atoms with Crippen molar-refractivity contribution >= 4 is 33.6 Å². The highest BCUT2D eigenvalue weighted by atomic mass is 31.2. The molecule has 5 unspecified atom stereocenters. The van der Waals surface area contributed by atoms with Crippen molar-refractivity contribution in [3.8, 4) is 0 Å². The minimum Gasteiger partial charge on any atom is -0.463 e. The van der Waals surface area contributed by atoms with Gasteiger partial charge in [0.15, 0.2) is 6.10 Å². The van der Waals surface area contributed by atoms with Crippen molar-refractivity contribution in [3.63, 3.8) is 0 Å². The largest absolute Gasteiger partial charge is 0.472 e. The lowest BCUT2D eigenvalue weighted by Gasteiger charge is -2.21. The molecule has 18 heteroatoms. The molecule has 113 heavy (non-hydrogen) atoms. The molecule has 0 bridgehead atoms. The highest BCUT2D eigenvalue weighted by molar-refractivity contribution is 7.47. The molecule has 646 valence electrons. The Balaban J connectivity index is 4.59. The number of allylic oxidation sites excluding steroid dienone is 28. The van der Waals surface area contributed by atoms with Crippen molar-refractivity contribution in [3.05, 3.63) is 170 Å². The zero-order valence-electron chi connectivity index (χ0n) is 71.0. The predicted molar refractivity (Wildman–Crippen MR) is 472 cm³/mol. The van der Waals surface area contributed by atoms with Crippen LogP contribution in [0, 0.1) is 0 Å². The first-order chi connectivity index (χ1) is 55.2. The van der Waals surface area contributed by atoms with Gasteiger partial charge in [-0.3, -0.25) is 32.5 Å². The quantitative estimate of drug-likeness (QED) is 0.0146. The summed E-state index contributed by atoms with van der Waals surface area (Å²) in [6.45, 7) is 2.41. The molecule has 0 aromatic heterocycles. The molecule has 0 aliphatic heterocycles. The van der Waals surface area contributed by atoms with Crippen molar-refractivity contribution in [2.24, 2.45) is 0 Å². The fourth-order valence-corrected chi connectivity index (χ4v) is 13.3. The summed E-state index contributed by atoms with van der Waals surface area (Å²) in [6, 6.07) is 0. The van der Waals surface area contributed by atoms with Gasteiger partial charge >= 0.3 is 33.6 Å². The van der Waals surface area contributed by atoms with Crippen LogP contribution in [0.25, 0.3) is 0 Å². The first kappa shape index (κ1) is 108. The molecule has 0 rings (SSSR count). The molecular weight excluding hydrogens is 1460 g/mol. The van der Waals surface area contributed by atoms with E-state index in [0.717, 1.165) is 154 Å². The number of hydrogen-bond acceptors (Lipinski definition) is 14. The summed E-state index contributed by atoms with van der Waals surface area (Å²) in [5.74, 6) is -1.62. The third-order valence-corrected chi connectivity index (χ3v) is 20.3. The number of unbranched alkanes of at least 4 members (excludes halogenated alkanes) is 32. The number of carbonyl (C=O) groups excluding carboxylic acids is 3. The number of aliphatic hydroxyl groups is 2. The number of phosphoric acid groups is 2. The maximum Gasteiger partial charge on any atom is 0.472 e.